The summed E-state index contributed by atoms with van der Waals surface area (Å²) in [5.41, 5.74) is 11.8. The Hall–Kier alpha value is -1.77. The Morgan fingerprint density at radius 2 is 2.00 bits per heavy atom. The van der Waals surface area contributed by atoms with Crippen LogP contribution in [-0.2, 0) is 12.8 Å². The van der Waals surface area contributed by atoms with Gasteiger partial charge in [-0.05, 0) is 55.9 Å². The third-order valence-corrected chi connectivity index (χ3v) is 3.81. The van der Waals surface area contributed by atoms with Gasteiger partial charge in [0, 0.05) is 16.8 Å². The summed E-state index contributed by atoms with van der Waals surface area (Å²) < 4.78 is 5.32. The van der Waals surface area contributed by atoms with Gasteiger partial charge in [-0.2, -0.15) is 0 Å². The van der Waals surface area contributed by atoms with Crippen molar-refractivity contribution in [2.75, 3.05) is 12.8 Å². The van der Waals surface area contributed by atoms with Gasteiger partial charge in [-0.25, -0.2) is 0 Å². The first-order valence-corrected chi connectivity index (χ1v) is 6.46. The summed E-state index contributed by atoms with van der Waals surface area (Å²) >= 11 is 0. The summed E-state index contributed by atoms with van der Waals surface area (Å²) in [5.74, 6) is 0.851. The fourth-order valence-electron chi connectivity index (χ4n) is 2.82. The van der Waals surface area contributed by atoms with Crippen LogP contribution in [0.2, 0.25) is 0 Å². The van der Waals surface area contributed by atoms with Crippen LogP contribution in [0.15, 0.2) is 12.1 Å². The monoisotopic (exact) mass is 242 g/mol. The van der Waals surface area contributed by atoms with Crippen molar-refractivity contribution in [2.24, 2.45) is 0 Å². The van der Waals surface area contributed by atoms with E-state index < -0.39 is 0 Å². The minimum Gasteiger partial charge on any atom is -0.497 e. The first-order valence-electron chi connectivity index (χ1n) is 6.46. The number of aryl methyl sites for hydroxylation is 2. The van der Waals surface area contributed by atoms with Crippen molar-refractivity contribution in [3.8, 4) is 5.75 Å². The smallest absolute Gasteiger partial charge is 0.119 e. The summed E-state index contributed by atoms with van der Waals surface area (Å²) in [6, 6.07) is 4.02. The number of fused-ring (bicyclic) bond motifs is 2. The maximum Gasteiger partial charge on any atom is 0.119 e. The number of hydrogen-bond acceptors (Lipinski definition) is 3. The van der Waals surface area contributed by atoms with Gasteiger partial charge in [0.05, 0.1) is 12.6 Å². The molecule has 2 N–H and O–H groups in total. The number of aromatic nitrogens is 1. The molecule has 1 aromatic heterocycles. The van der Waals surface area contributed by atoms with Crippen LogP contribution in [-0.4, -0.2) is 12.1 Å². The number of nitrogens with two attached hydrogens (primary N) is 1. The first-order chi connectivity index (χ1) is 8.70. The van der Waals surface area contributed by atoms with E-state index in [1.165, 1.54) is 24.1 Å². The van der Waals surface area contributed by atoms with Crippen molar-refractivity contribution in [1.29, 1.82) is 0 Å². The van der Waals surface area contributed by atoms with E-state index in [9.17, 15) is 0 Å². The molecule has 3 rings (SSSR count). The maximum atomic E-state index is 6.34. The van der Waals surface area contributed by atoms with Crippen LogP contribution in [0.4, 0.5) is 5.69 Å². The van der Waals surface area contributed by atoms with Gasteiger partial charge in [0.2, 0.25) is 0 Å². The predicted octanol–water partition coefficient (Wildman–Crippen LogP) is 3.01. The van der Waals surface area contributed by atoms with Crippen LogP contribution in [0.25, 0.3) is 10.9 Å². The van der Waals surface area contributed by atoms with Gasteiger partial charge in [0.25, 0.3) is 0 Å². The second kappa shape index (κ2) is 4.16. The molecule has 1 heterocycles. The Balaban J connectivity index is 2.35. The highest BCUT2D eigenvalue weighted by Gasteiger charge is 2.17. The number of anilines is 1. The summed E-state index contributed by atoms with van der Waals surface area (Å²) in [5, 5.41) is 1.03. The SMILES string of the molecule is COc1cc(C)c2nc3c(c(N)c2c1)CCCC3. The van der Waals surface area contributed by atoms with Crippen molar-refractivity contribution < 1.29 is 4.74 Å². The van der Waals surface area contributed by atoms with Crippen LogP contribution in [0.5, 0.6) is 5.75 Å². The molecule has 0 amide bonds. The van der Waals surface area contributed by atoms with E-state index in [-0.39, 0.29) is 0 Å². The molecule has 0 aliphatic heterocycles. The molecular weight excluding hydrogens is 224 g/mol. The topological polar surface area (TPSA) is 48.1 Å². The fourth-order valence-corrected chi connectivity index (χ4v) is 2.82. The molecule has 1 aliphatic rings. The van der Waals surface area contributed by atoms with Crippen LogP contribution in [0.3, 0.4) is 0 Å². The minimum atomic E-state index is 0.851. The molecule has 0 spiro atoms. The third kappa shape index (κ3) is 1.62. The highest BCUT2D eigenvalue weighted by Crippen LogP contribution is 2.34. The number of pyridine rings is 1. The largest absolute Gasteiger partial charge is 0.497 e. The minimum absolute atomic E-state index is 0.851. The number of benzene rings is 1. The third-order valence-electron chi connectivity index (χ3n) is 3.81. The molecule has 0 unspecified atom stereocenters. The van der Waals surface area contributed by atoms with Crippen molar-refractivity contribution in [3.63, 3.8) is 0 Å². The van der Waals surface area contributed by atoms with E-state index in [0.29, 0.717) is 0 Å². The highest BCUT2D eigenvalue weighted by molar-refractivity contribution is 5.95. The lowest BCUT2D eigenvalue weighted by atomic mass is 9.92. The molecule has 0 saturated carbocycles. The maximum absolute atomic E-state index is 6.34. The predicted molar refractivity (Wildman–Crippen MR) is 74.1 cm³/mol. The number of nitrogen functional groups attached to an aromatic ring is 1. The summed E-state index contributed by atoms with van der Waals surface area (Å²) in [6.07, 6.45) is 4.55. The zero-order chi connectivity index (χ0) is 12.7. The molecule has 0 fully saturated rings. The van der Waals surface area contributed by atoms with Crippen molar-refractivity contribution in [1.82, 2.24) is 4.98 Å². The van der Waals surface area contributed by atoms with Gasteiger partial charge in [-0.1, -0.05) is 0 Å². The van der Waals surface area contributed by atoms with Crippen molar-refractivity contribution >= 4 is 16.6 Å². The molecule has 0 radical (unpaired) electrons. The number of methoxy groups -OCH3 is 1. The van der Waals surface area contributed by atoms with Crippen LogP contribution >= 0.6 is 0 Å². The van der Waals surface area contributed by atoms with Gasteiger partial charge < -0.3 is 10.5 Å². The molecule has 0 bridgehead atoms. The zero-order valence-electron chi connectivity index (χ0n) is 10.9. The lowest BCUT2D eigenvalue weighted by Gasteiger charge is -2.19. The van der Waals surface area contributed by atoms with Crippen LogP contribution in [0, 0.1) is 6.92 Å². The fraction of sp³-hybridized carbons (Fsp3) is 0.400. The second-order valence-electron chi connectivity index (χ2n) is 5.00. The molecule has 1 aliphatic carbocycles. The van der Waals surface area contributed by atoms with Crippen molar-refractivity contribution in [3.05, 3.63) is 29.0 Å². The number of ether oxygens (including phenoxy) is 1. The Morgan fingerprint density at radius 3 is 2.78 bits per heavy atom. The normalized spacial score (nSPS) is 14.6. The van der Waals surface area contributed by atoms with Crippen molar-refractivity contribution in [2.45, 2.75) is 32.6 Å². The molecule has 3 heteroatoms. The van der Waals surface area contributed by atoms with Crippen LogP contribution in [0.1, 0.15) is 29.7 Å². The molecule has 3 nitrogen and oxygen atoms in total. The molecule has 1 aromatic carbocycles. The number of rotatable bonds is 1. The Morgan fingerprint density at radius 1 is 1.22 bits per heavy atom. The molecule has 0 saturated heterocycles. The van der Waals surface area contributed by atoms with E-state index in [1.54, 1.807) is 7.11 Å². The van der Waals surface area contributed by atoms with Gasteiger partial charge in [0.15, 0.2) is 0 Å². The zero-order valence-corrected chi connectivity index (χ0v) is 10.9. The van der Waals surface area contributed by atoms with E-state index in [4.69, 9.17) is 15.5 Å². The molecule has 0 atom stereocenters. The second-order valence-corrected chi connectivity index (χ2v) is 5.00. The molecule has 94 valence electrons. The van der Waals surface area contributed by atoms with Gasteiger partial charge in [-0.15, -0.1) is 0 Å². The Labute approximate surface area is 107 Å². The van der Waals surface area contributed by atoms with Crippen LogP contribution < -0.4 is 10.5 Å². The van der Waals surface area contributed by atoms with E-state index in [1.807, 2.05) is 12.1 Å². The Bertz CT molecular complexity index is 620. The average molecular weight is 242 g/mol. The van der Waals surface area contributed by atoms with E-state index in [0.717, 1.165) is 40.7 Å². The quantitative estimate of drug-likeness (QED) is 0.836. The van der Waals surface area contributed by atoms with E-state index in [2.05, 4.69) is 6.92 Å². The lowest BCUT2D eigenvalue weighted by Crippen LogP contribution is -2.10. The molecule has 2 aromatic rings. The average Bonchev–Trinajstić information content (AvgIpc) is 2.40. The van der Waals surface area contributed by atoms with Gasteiger partial charge in [-0.3, -0.25) is 4.98 Å². The molecule has 18 heavy (non-hydrogen) atoms. The summed E-state index contributed by atoms with van der Waals surface area (Å²) in [4.78, 5) is 4.82. The Kier molecular flexibility index (Phi) is 2.62. The van der Waals surface area contributed by atoms with E-state index >= 15 is 0 Å². The number of hydrogen-bond donors (Lipinski definition) is 1. The lowest BCUT2D eigenvalue weighted by molar-refractivity contribution is 0.415. The van der Waals surface area contributed by atoms with Gasteiger partial charge in [0.1, 0.15) is 5.75 Å². The highest BCUT2D eigenvalue weighted by atomic mass is 16.5. The van der Waals surface area contributed by atoms with Gasteiger partial charge >= 0.3 is 0 Å². The summed E-state index contributed by atoms with van der Waals surface area (Å²) in [6.45, 7) is 2.06. The summed E-state index contributed by atoms with van der Waals surface area (Å²) in [7, 11) is 1.68. The number of nitrogens with zero attached hydrogens (tertiary/aromatic N) is 1. The first kappa shape index (κ1) is 11.3. The molecular formula is C15H18N2O. The standard InChI is InChI=1S/C15H18N2O/c1-9-7-10(18-2)8-12-14(16)11-5-3-4-6-13(11)17-15(9)12/h7-8H,3-6H2,1-2H3,(H2,16,17).